The largest absolute Gasteiger partial charge is 0.356 e. The van der Waals surface area contributed by atoms with Gasteiger partial charge in [-0.05, 0) is 37.1 Å². The third-order valence-electron chi connectivity index (χ3n) is 5.10. The third-order valence-corrected chi connectivity index (χ3v) is 5.10. The highest BCUT2D eigenvalue weighted by Crippen LogP contribution is 2.28. The van der Waals surface area contributed by atoms with Gasteiger partial charge >= 0.3 is 0 Å². The summed E-state index contributed by atoms with van der Waals surface area (Å²) in [5, 5.41) is 0. The molecule has 6 heteroatoms. The fourth-order valence-electron chi connectivity index (χ4n) is 3.78. The number of H-pyrrole nitrogens is 1. The quantitative estimate of drug-likeness (QED) is 0.607. The number of hydrogen-bond acceptors (Lipinski definition) is 4. The topological polar surface area (TPSA) is 66.3 Å². The first-order chi connectivity index (χ1) is 12.8. The second-order valence-electron chi connectivity index (χ2n) is 6.81. The summed E-state index contributed by atoms with van der Waals surface area (Å²) in [7, 11) is 0. The van der Waals surface area contributed by atoms with Crippen molar-refractivity contribution in [2.75, 3.05) is 18.0 Å². The molecule has 0 unspecified atom stereocenters. The first-order valence-electron chi connectivity index (χ1n) is 8.96. The summed E-state index contributed by atoms with van der Waals surface area (Å²) in [5.41, 5.74) is 2.71. The van der Waals surface area contributed by atoms with Crippen molar-refractivity contribution in [3.05, 3.63) is 70.9 Å². The van der Waals surface area contributed by atoms with E-state index in [0.717, 1.165) is 48.6 Å². The highest BCUT2D eigenvalue weighted by molar-refractivity contribution is 5.74. The third kappa shape index (κ3) is 2.54. The molecule has 4 aromatic rings. The number of aromatic nitrogens is 4. The molecule has 3 aromatic heterocycles. The molecule has 5 rings (SSSR count). The zero-order valence-corrected chi connectivity index (χ0v) is 14.3. The molecule has 1 atom stereocenters. The summed E-state index contributed by atoms with van der Waals surface area (Å²) in [6.07, 6.45) is 3.89. The Kier molecular flexibility index (Phi) is 3.48. The zero-order chi connectivity index (χ0) is 17.5. The highest BCUT2D eigenvalue weighted by atomic mass is 16.1. The minimum absolute atomic E-state index is 0.0449. The van der Waals surface area contributed by atoms with Gasteiger partial charge in [0.05, 0.1) is 11.0 Å². The van der Waals surface area contributed by atoms with Crippen molar-refractivity contribution in [3.63, 3.8) is 0 Å². The number of rotatable bonds is 2. The van der Waals surface area contributed by atoms with E-state index in [1.54, 1.807) is 16.7 Å². The Morgan fingerprint density at radius 2 is 1.96 bits per heavy atom. The van der Waals surface area contributed by atoms with E-state index in [9.17, 15) is 4.79 Å². The van der Waals surface area contributed by atoms with E-state index in [0.29, 0.717) is 11.6 Å². The summed E-state index contributed by atoms with van der Waals surface area (Å²) < 4.78 is 1.57. The first kappa shape index (κ1) is 15.1. The number of pyridine rings is 1. The Bertz CT molecular complexity index is 1110. The minimum atomic E-state index is -0.0449. The maximum atomic E-state index is 12.4. The van der Waals surface area contributed by atoms with Gasteiger partial charge in [-0.3, -0.25) is 9.20 Å². The van der Waals surface area contributed by atoms with E-state index in [4.69, 9.17) is 4.98 Å². The van der Waals surface area contributed by atoms with Crippen LogP contribution in [0.2, 0.25) is 0 Å². The summed E-state index contributed by atoms with van der Waals surface area (Å²) in [6.45, 7) is 1.72. The molecule has 0 aliphatic carbocycles. The van der Waals surface area contributed by atoms with Gasteiger partial charge in [0.2, 0.25) is 0 Å². The van der Waals surface area contributed by atoms with E-state index >= 15 is 0 Å². The Hall–Kier alpha value is -3.15. The molecule has 1 fully saturated rings. The number of para-hydroxylation sites is 2. The molecule has 1 N–H and O–H groups in total. The summed E-state index contributed by atoms with van der Waals surface area (Å²) in [4.78, 5) is 27.5. The number of imidazole rings is 1. The second kappa shape index (κ2) is 5.98. The molecule has 1 aromatic carbocycles. The van der Waals surface area contributed by atoms with Crippen LogP contribution in [0.5, 0.6) is 0 Å². The first-order valence-corrected chi connectivity index (χ1v) is 8.96. The fraction of sp³-hybridized carbons (Fsp3) is 0.250. The maximum absolute atomic E-state index is 12.4. The van der Waals surface area contributed by atoms with Crippen LogP contribution in [-0.2, 0) is 0 Å². The van der Waals surface area contributed by atoms with Gasteiger partial charge in [-0.2, -0.15) is 0 Å². The van der Waals surface area contributed by atoms with E-state index in [-0.39, 0.29) is 5.56 Å². The number of benzene rings is 1. The van der Waals surface area contributed by atoms with Crippen LogP contribution in [0.4, 0.5) is 5.82 Å². The lowest BCUT2D eigenvalue weighted by Crippen LogP contribution is -2.36. The van der Waals surface area contributed by atoms with Crippen LogP contribution in [0.3, 0.4) is 0 Å². The van der Waals surface area contributed by atoms with Gasteiger partial charge in [0.15, 0.2) is 0 Å². The molecule has 0 radical (unpaired) electrons. The van der Waals surface area contributed by atoms with E-state index in [2.05, 4.69) is 20.9 Å². The molecule has 0 bridgehead atoms. The van der Waals surface area contributed by atoms with E-state index in [1.807, 2.05) is 36.4 Å². The molecule has 0 spiro atoms. The lowest BCUT2D eigenvalue weighted by Gasteiger charge is -2.32. The van der Waals surface area contributed by atoms with Crippen LogP contribution in [0.15, 0.2) is 59.5 Å². The lowest BCUT2D eigenvalue weighted by atomic mass is 9.97. The second-order valence-corrected chi connectivity index (χ2v) is 6.81. The van der Waals surface area contributed by atoms with Crippen LogP contribution in [0.1, 0.15) is 24.6 Å². The minimum Gasteiger partial charge on any atom is -0.356 e. The van der Waals surface area contributed by atoms with Crippen LogP contribution in [0, 0.1) is 0 Å². The van der Waals surface area contributed by atoms with Crippen LogP contribution < -0.4 is 10.5 Å². The number of fused-ring (bicyclic) bond motifs is 2. The van der Waals surface area contributed by atoms with Crippen LogP contribution >= 0.6 is 0 Å². The zero-order valence-electron chi connectivity index (χ0n) is 14.3. The SMILES string of the molecule is O=c1cc(N2CCC[C@H](c3nc4ccccc4[nH]3)C2)nc2ccccn12. The van der Waals surface area contributed by atoms with Crippen LogP contribution in [-0.4, -0.2) is 32.4 Å². The highest BCUT2D eigenvalue weighted by Gasteiger charge is 2.25. The molecular weight excluding hydrogens is 326 g/mol. The van der Waals surface area contributed by atoms with Crippen molar-refractivity contribution in [1.82, 2.24) is 19.4 Å². The van der Waals surface area contributed by atoms with Crippen molar-refractivity contribution in [2.24, 2.45) is 0 Å². The molecule has 4 heterocycles. The maximum Gasteiger partial charge on any atom is 0.259 e. The molecule has 130 valence electrons. The molecule has 1 aliphatic heterocycles. The normalized spacial score (nSPS) is 17.8. The molecule has 1 saturated heterocycles. The number of hydrogen-bond donors (Lipinski definition) is 1. The van der Waals surface area contributed by atoms with Crippen molar-refractivity contribution in [1.29, 1.82) is 0 Å². The molecule has 26 heavy (non-hydrogen) atoms. The lowest BCUT2D eigenvalue weighted by molar-refractivity contribution is 0.492. The van der Waals surface area contributed by atoms with Crippen LogP contribution in [0.25, 0.3) is 16.7 Å². The van der Waals surface area contributed by atoms with Gasteiger partial charge in [0.25, 0.3) is 5.56 Å². The number of piperidine rings is 1. The summed E-state index contributed by atoms with van der Waals surface area (Å²) >= 11 is 0. The molecule has 6 nitrogen and oxygen atoms in total. The van der Waals surface area contributed by atoms with E-state index in [1.165, 1.54) is 0 Å². The number of nitrogens with one attached hydrogen (secondary N) is 1. The van der Waals surface area contributed by atoms with E-state index < -0.39 is 0 Å². The molecule has 0 amide bonds. The van der Waals surface area contributed by atoms with Crippen molar-refractivity contribution in [2.45, 2.75) is 18.8 Å². The van der Waals surface area contributed by atoms with Gasteiger partial charge in [-0.1, -0.05) is 18.2 Å². The average molecular weight is 345 g/mol. The summed E-state index contributed by atoms with van der Waals surface area (Å²) in [6, 6.07) is 15.4. The Balaban J connectivity index is 1.48. The Morgan fingerprint density at radius 1 is 1.08 bits per heavy atom. The number of nitrogens with zero attached hydrogens (tertiary/aromatic N) is 4. The predicted molar refractivity (Wildman–Crippen MR) is 102 cm³/mol. The molecule has 0 saturated carbocycles. The molecule has 1 aliphatic rings. The molecular formula is C20H19N5O. The van der Waals surface area contributed by atoms with Gasteiger partial charge < -0.3 is 9.88 Å². The van der Waals surface area contributed by atoms with Gasteiger partial charge in [0, 0.05) is 31.3 Å². The number of anilines is 1. The Labute approximate surface area is 150 Å². The Morgan fingerprint density at radius 3 is 2.88 bits per heavy atom. The predicted octanol–water partition coefficient (Wildman–Crippen LogP) is 2.95. The van der Waals surface area contributed by atoms with Crippen molar-refractivity contribution in [3.8, 4) is 0 Å². The summed E-state index contributed by atoms with van der Waals surface area (Å²) in [5.74, 6) is 2.09. The van der Waals surface area contributed by atoms with Crippen molar-refractivity contribution < 1.29 is 0 Å². The van der Waals surface area contributed by atoms with Gasteiger partial charge in [-0.15, -0.1) is 0 Å². The average Bonchev–Trinajstić information content (AvgIpc) is 3.12. The van der Waals surface area contributed by atoms with Gasteiger partial charge in [-0.25, -0.2) is 9.97 Å². The fourth-order valence-corrected chi connectivity index (χ4v) is 3.78. The monoisotopic (exact) mass is 345 g/mol. The standard InChI is InChI=1S/C20H19N5O/c26-19-12-18(23-17-9-3-4-11-25(17)19)24-10-5-6-14(13-24)20-21-15-7-1-2-8-16(15)22-20/h1-4,7-9,11-12,14H,5-6,10,13H2,(H,21,22)/t14-/m0/s1. The van der Waals surface area contributed by atoms with Crippen molar-refractivity contribution >= 4 is 22.5 Å². The number of aromatic amines is 1. The van der Waals surface area contributed by atoms with Gasteiger partial charge in [0.1, 0.15) is 17.3 Å². The smallest absolute Gasteiger partial charge is 0.259 e.